The van der Waals surface area contributed by atoms with Crippen LogP contribution in [-0.2, 0) is 17.7 Å². The maximum absolute atomic E-state index is 9.20. The summed E-state index contributed by atoms with van der Waals surface area (Å²) in [6.45, 7) is 4.19. The van der Waals surface area contributed by atoms with Crippen LogP contribution in [0, 0.1) is 11.3 Å². The van der Waals surface area contributed by atoms with E-state index in [0.29, 0.717) is 5.56 Å². The van der Waals surface area contributed by atoms with Crippen LogP contribution in [0.25, 0.3) is 16.6 Å². The van der Waals surface area contributed by atoms with Gasteiger partial charge < -0.3 is 9.47 Å². The van der Waals surface area contributed by atoms with Gasteiger partial charge in [-0.15, -0.1) is 0 Å². The number of ether oxygens (including phenoxy) is 2. The molecule has 1 fully saturated rings. The summed E-state index contributed by atoms with van der Waals surface area (Å²) >= 11 is 0. The predicted octanol–water partition coefficient (Wildman–Crippen LogP) is 3.98. The van der Waals surface area contributed by atoms with Crippen molar-refractivity contribution < 1.29 is 9.47 Å². The zero-order valence-corrected chi connectivity index (χ0v) is 19.4. The molecule has 0 saturated carbocycles. The highest BCUT2D eigenvalue weighted by Gasteiger charge is 2.24. The molecule has 4 heterocycles. The van der Waals surface area contributed by atoms with Crippen LogP contribution in [0.3, 0.4) is 0 Å². The molecule has 0 unspecified atom stereocenters. The first-order valence-electron chi connectivity index (χ1n) is 12.1. The normalized spacial score (nSPS) is 18.2. The second kappa shape index (κ2) is 9.45. The molecule has 0 spiro atoms. The van der Waals surface area contributed by atoms with E-state index < -0.39 is 0 Å². The Kier molecular flexibility index (Phi) is 5.86. The van der Waals surface area contributed by atoms with Gasteiger partial charge in [-0.25, -0.2) is 4.68 Å². The number of aryl methyl sites for hydroxylation is 1. The van der Waals surface area contributed by atoms with Gasteiger partial charge in [-0.05, 0) is 55.2 Å². The summed E-state index contributed by atoms with van der Waals surface area (Å²) in [7, 11) is 0. The van der Waals surface area contributed by atoms with E-state index in [1.807, 2.05) is 47.4 Å². The number of benzene rings is 1. The number of morpholine rings is 1. The average molecular weight is 467 g/mol. The molecule has 4 aromatic rings. The summed E-state index contributed by atoms with van der Waals surface area (Å²) in [5.74, 6) is 0.783. The average Bonchev–Trinajstić information content (AvgIpc) is 3.33. The minimum atomic E-state index is -0.124. The Balaban J connectivity index is 1.27. The number of pyridine rings is 2. The number of hydrogen-bond acceptors (Lipinski definition) is 7. The molecule has 8 heteroatoms. The second-order valence-corrected chi connectivity index (χ2v) is 9.05. The molecule has 0 N–H and O–H groups in total. The van der Waals surface area contributed by atoms with E-state index in [-0.39, 0.29) is 6.10 Å². The number of rotatable bonds is 5. The molecule has 3 aromatic heterocycles. The molecule has 2 aliphatic rings. The van der Waals surface area contributed by atoms with Gasteiger partial charge in [0.05, 0.1) is 47.6 Å². The highest BCUT2D eigenvalue weighted by molar-refractivity contribution is 5.81. The van der Waals surface area contributed by atoms with Crippen LogP contribution >= 0.6 is 0 Å². The number of hydrogen-bond donors (Lipinski definition) is 0. The van der Waals surface area contributed by atoms with Crippen molar-refractivity contribution in [1.82, 2.24) is 24.6 Å². The fourth-order valence-corrected chi connectivity index (χ4v) is 4.92. The Morgan fingerprint density at radius 1 is 1.09 bits per heavy atom. The lowest BCUT2D eigenvalue weighted by Crippen LogP contribution is -2.35. The van der Waals surface area contributed by atoms with E-state index in [2.05, 4.69) is 32.1 Å². The van der Waals surface area contributed by atoms with Crippen LogP contribution in [0.5, 0.6) is 5.75 Å². The van der Waals surface area contributed by atoms with Crippen molar-refractivity contribution in [2.45, 2.75) is 31.9 Å². The maximum Gasteiger partial charge on any atom is 0.141 e. The highest BCUT2D eigenvalue weighted by Crippen LogP contribution is 2.34. The Morgan fingerprint density at radius 3 is 2.89 bits per heavy atom. The van der Waals surface area contributed by atoms with Crippen molar-refractivity contribution in [3.63, 3.8) is 0 Å². The molecule has 176 valence electrons. The Morgan fingerprint density at radius 2 is 2.00 bits per heavy atom. The third-order valence-corrected chi connectivity index (χ3v) is 6.70. The molecule has 1 saturated heterocycles. The molecule has 1 aliphatic heterocycles. The van der Waals surface area contributed by atoms with E-state index in [1.165, 1.54) is 0 Å². The third-order valence-electron chi connectivity index (χ3n) is 6.70. The van der Waals surface area contributed by atoms with E-state index in [4.69, 9.17) is 9.47 Å². The molecule has 0 bridgehead atoms. The van der Waals surface area contributed by atoms with Gasteiger partial charge in [0.15, 0.2) is 0 Å². The minimum Gasteiger partial charge on any atom is -0.484 e. The second-order valence-electron chi connectivity index (χ2n) is 9.05. The molecular formula is C27H26N6O2. The Labute approximate surface area is 203 Å². The van der Waals surface area contributed by atoms with Crippen molar-refractivity contribution in [3.05, 3.63) is 77.5 Å². The molecule has 6 rings (SSSR count). The quantitative estimate of drug-likeness (QED) is 0.440. The van der Waals surface area contributed by atoms with Gasteiger partial charge in [-0.2, -0.15) is 10.4 Å². The zero-order chi connectivity index (χ0) is 23.6. The number of fused-ring (bicyclic) bond motifs is 2. The summed E-state index contributed by atoms with van der Waals surface area (Å²) in [4.78, 5) is 11.5. The summed E-state index contributed by atoms with van der Waals surface area (Å²) in [6, 6.07) is 14.3. The molecule has 1 atom stereocenters. The molecular weight excluding hydrogens is 440 g/mol. The molecule has 8 nitrogen and oxygen atoms in total. The van der Waals surface area contributed by atoms with Crippen LogP contribution in [-0.4, -0.2) is 51.0 Å². The lowest BCUT2D eigenvalue weighted by Gasteiger charge is -2.26. The highest BCUT2D eigenvalue weighted by atomic mass is 16.5. The van der Waals surface area contributed by atoms with Crippen LogP contribution < -0.4 is 4.74 Å². The third kappa shape index (κ3) is 4.48. The minimum absolute atomic E-state index is 0.124. The fourth-order valence-electron chi connectivity index (χ4n) is 4.92. The summed E-state index contributed by atoms with van der Waals surface area (Å²) in [5.41, 5.74) is 5.61. The molecule has 0 amide bonds. The van der Waals surface area contributed by atoms with Gasteiger partial charge in [0.1, 0.15) is 17.9 Å². The molecule has 1 aliphatic carbocycles. The topological polar surface area (TPSA) is 89.1 Å². The van der Waals surface area contributed by atoms with Gasteiger partial charge in [-0.3, -0.25) is 14.9 Å². The van der Waals surface area contributed by atoms with Crippen LogP contribution in [0.4, 0.5) is 0 Å². The van der Waals surface area contributed by atoms with Gasteiger partial charge in [-0.1, -0.05) is 0 Å². The predicted molar refractivity (Wildman–Crippen MR) is 130 cm³/mol. The Bertz CT molecular complexity index is 1400. The lowest BCUT2D eigenvalue weighted by molar-refractivity contribution is 0.0336. The van der Waals surface area contributed by atoms with Crippen molar-refractivity contribution in [2.24, 2.45) is 0 Å². The van der Waals surface area contributed by atoms with E-state index >= 15 is 0 Å². The lowest BCUT2D eigenvalue weighted by atomic mass is 9.93. The maximum atomic E-state index is 9.20. The van der Waals surface area contributed by atoms with Crippen molar-refractivity contribution in [2.75, 3.05) is 26.3 Å². The zero-order valence-electron chi connectivity index (χ0n) is 19.4. The van der Waals surface area contributed by atoms with Crippen LogP contribution in [0.2, 0.25) is 0 Å². The first-order valence-corrected chi connectivity index (χ1v) is 12.1. The van der Waals surface area contributed by atoms with Crippen LogP contribution in [0.15, 0.2) is 55.0 Å². The standard InChI is InChI=1S/C27H26N6O2/c28-15-19-12-20-2-1-3-26(27(20)30-16-19)35-24-5-4-21-17-31-33(25(21)14-24)23-6-7-29-22(13-23)18-32-8-10-34-11-9-32/h4-7,12-14,16-17,26H,1-3,8-11,18H2/t26-/m1/s1. The fraction of sp³-hybridized carbons (Fsp3) is 0.333. The van der Waals surface area contributed by atoms with Gasteiger partial charge in [0, 0.05) is 43.5 Å². The van der Waals surface area contributed by atoms with E-state index in [1.54, 1.807) is 6.20 Å². The largest absolute Gasteiger partial charge is 0.484 e. The first-order chi connectivity index (χ1) is 17.3. The van der Waals surface area contributed by atoms with Gasteiger partial charge in [0.2, 0.25) is 0 Å². The summed E-state index contributed by atoms with van der Waals surface area (Å²) in [5, 5.41) is 14.9. The SMILES string of the molecule is N#Cc1cnc2c(c1)CCC[C@H]2Oc1ccc2cnn(-c3ccnc(CN4CCOCC4)c3)c2c1. The van der Waals surface area contributed by atoms with Gasteiger partial charge >= 0.3 is 0 Å². The van der Waals surface area contributed by atoms with Crippen molar-refractivity contribution in [3.8, 4) is 17.5 Å². The molecule has 35 heavy (non-hydrogen) atoms. The smallest absolute Gasteiger partial charge is 0.141 e. The monoisotopic (exact) mass is 466 g/mol. The Hall–Kier alpha value is -3.80. The summed E-state index contributed by atoms with van der Waals surface area (Å²) < 4.78 is 13.8. The summed E-state index contributed by atoms with van der Waals surface area (Å²) in [6.07, 6.45) is 8.08. The van der Waals surface area contributed by atoms with E-state index in [0.717, 1.165) is 91.4 Å². The van der Waals surface area contributed by atoms with Crippen molar-refractivity contribution >= 4 is 10.9 Å². The molecule has 0 radical (unpaired) electrons. The molecule has 1 aromatic carbocycles. The van der Waals surface area contributed by atoms with Crippen molar-refractivity contribution in [1.29, 1.82) is 5.26 Å². The van der Waals surface area contributed by atoms with Crippen LogP contribution in [0.1, 0.15) is 41.5 Å². The first kappa shape index (κ1) is 21.7. The number of nitriles is 1. The number of nitrogens with zero attached hydrogens (tertiary/aromatic N) is 6. The van der Waals surface area contributed by atoms with Gasteiger partial charge in [0.25, 0.3) is 0 Å². The van der Waals surface area contributed by atoms with E-state index in [9.17, 15) is 5.26 Å². The number of aromatic nitrogens is 4.